The van der Waals surface area contributed by atoms with Crippen molar-refractivity contribution in [1.29, 1.82) is 5.26 Å². The zero-order chi connectivity index (χ0) is 10.7. The molecule has 0 unspecified atom stereocenters. The Morgan fingerprint density at radius 3 is 2.67 bits per heavy atom. The Morgan fingerprint density at radius 2 is 2.13 bits per heavy atom. The van der Waals surface area contributed by atoms with Gasteiger partial charge in [0, 0.05) is 6.07 Å². The predicted molar refractivity (Wildman–Crippen MR) is 56.0 cm³/mol. The van der Waals surface area contributed by atoms with Gasteiger partial charge in [-0.2, -0.15) is 5.26 Å². The maximum absolute atomic E-state index is 8.74. The lowest BCUT2D eigenvalue weighted by atomic mass is 9.96. The quantitative estimate of drug-likeness (QED) is 0.758. The van der Waals surface area contributed by atoms with E-state index in [1.807, 2.05) is 0 Å². The summed E-state index contributed by atoms with van der Waals surface area (Å²) >= 11 is 0. The molecule has 1 saturated carbocycles. The molecule has 1 aliphatic rings. The summed E-state index contributed by atoms with van der Waals surface area (Å²) in [6.45, 7) is 0. The van der Waals surface area contributed by atoms with Crippen LogP contribution in [0.25, 0.3) is 0 Å². The highest BCUT2D eigenvalue weighted by atomic mass is 16.5. The van der Waals surface area contributed by atoms with E-state index in [2.05, 4.69) is 6.07 Å². The van der Waals surface area contributed by atoms with Gasteiger partial charge >= 0.3 is 0 Å². The van der Waals surface area contributed by atoms with Crippen LogP contribution in [0.5, 0.6) is 11.5 Å². The Balaban J connectivity index is 2.18. The van der Waals surface area contributed by atoms with Crippen LogP contribution >= 0.6 is 0 Å². The molecule has 0 spiro atoms. The first-order valence-electron chi connectivity index (χ1n) is 5.08. The van der Waals surface area contributed by atoms with Gasteiger partial charge in [0.05, 0.1) is 24.8 Å². The van der Waals surface area contributed by atoms with Crippen molar-refractivity contribution < 1.29 is 9.47 Å². The second-order valence-electron chi connectivity index (χ2n) is 3.65. The van der Waals surface area contributed by atoms with E-state index in [4.69, 9.17) is 14.7 Å². The van der Waals surface area contributed by atoms with Crippen molar-refractivity contribution in [2.24, 2.45) is 0 Å². The van der Waals surface area contributed by atoms with E-state index in [-0.39, 0.29) is 0 Å². The van der Waals surface area contributed by atoms with Crippen LogP contribution in [0.3, 0.4) is 0 Å². The Morgan fingerprint density at radius 1 is 1.33 bits per heavy atom. The van der Waals surface area contributed by atoms with Crippen molar-refractivity contribution in [2.45, 2.75) is 25.4 Å². The summed E-state index contributed by atoms with van der Waals surface area (Å²) in [7, 11) is 1.59. The molecule has 1 aliphatic carbocycles. The van der Waals surface area contributed by atoms with Crippen LogP contribution in [0.15, 0.2) is 18.2 Å². The number of hydrogen-bond acceptors (Lipinski definition) is 3. The number of rotatable bonds is 3. The number of ether oxygens (including phenoxy) is 2. The maximum Gasteiger partial charge on any atom is 0.162 e. The molecule has 1 aromatic rings. The molecule has 0 atom stereocenters. The third kappa shape index (κ3) is 2.04. The Labute approximate surface area is 89.2 Å². The summed E-state index contributed by atoms with van der Waals surface area (Å²) in [5.74, 6) is 1.38. The zero-order valence-corrected chi connectivity index (χ0v) is 8.69. The number of nitrogens with zero attached hydrogens (tertiary/aromatic N) is 1. The molecule has 0 heterocycles. The molecule has 3 heteroatoms. The molecule has 0 bridgehead atoms. The minimum atomic E-state index is 0.326. The fourth-order valence-corrected chi connectivity index (χ4v) is 1.50. The van der Waals surface area contributed by atoms with Crippen LogP contribution in [0.4, 0.5) is 0 Å². The fraction of sp³-hybridized carbons (Fsp3) is 0.417. The minimum Gasteiger partial charge on any atom is -0.493 e. The number of benzene rings is 1. The van der Waals surface area contributed by atoms with Crippen LogP contribution in [-0.4, -0.2) is 13.2 Å². The highest BCUT2D eigenvalue weighted by Crippen LogP contribution is 2.32. The van der Waals surface area contributed by atoms with Crippen molar-refractivity contribution in [2.75, 3.05) is 7.11 Å². The van der Waals surface area contributed by atoms with E-state index < -0.39 is 0 Å². The predicted octanol–water partition coefficient (Wildman–Crippen LogP) is 2.50. The first-order chi connectivity index (χ1) is 7.33. The number of methoxy groups -OCH3 is 1. The summed E-state index contributed by atoms with van der Waals surface area (Å²) in [6, 6.07) is 7.32. The normalized spacial score (nSPS) is 15.2. The molecule has 2 rings (SSSR count). The maximum atomic E-state index is 8.74. The molecule has 0 amide bonds. The topological polar surface area (TPSA) is 42.2 Å². The lowest BCUT2D eigenvalue weighted by Crippen LogP contribution is -2.24. The van der Waals surface area contributed by atoms with E-state index >= 15 is 0 Å². The molecule has 3 nitrogen and oxygen atoms in total. The third-order valence-electron chi connectivity index (χ3n) is 2.64. The van der Waals surface area contributed by atoms with Gasteiger partial charge in [-0.1, -0.05) is 0 Å². The lowest BCUT2D eigenvalue weighted by molar-refractivity contribution is 0.116. The SMILES string of the molecule is COc1cc(C#N)ccc1OC1CCC1. The van der Waals surface area contributed by atoms with E-state index in [1.165, 1.54) is 6.42 Å². The van der Waals surface area contributed by atoms with Gasteiger partial charge in [-0.25, -0.2) is 0 Å². The summed E-state index contributed by atoms with van der Waals surface area (Å²) in [6.07, 6.45) is 3.79. The van der Waals surface area contributed by atoms with Gasteiger partial charge in [0.25, 0.3) is 0 Å². The molecule has 78 valence electrons. The molecule has 0 radical (unpaired) electrons. The van der Waals surface area contributed by atoms with E-state index in [0.717, 1.165) is 18.6 Å². The molecule has 0 aliphatic heterocycles. The summed E-state index contributed by atoms with van der Waals surface area (Å²) in [5, 5.41) is 8.74. The highest BCUT2D eigenvalue weighted by molar-refractivity contribution is 5.46. The van der Waals surface area contributed by atoms with Gasteiger partial charge in [-0.05, 0) is 31.4 Å². The van der Waals surface area contributed by atoms with Gasteiger partial charge in [0.15, 0.2) is 11.5 Å². The molecule has 0 saturated heterocycles. The second kappa shape index (κ2) is 4.22. The largest absolute Gasteiger partial charge is 0.493 e. The van der Waals surface area contributed by atoms with Crippen LogP contribution in [0.2, 0.25) is 0 Å². The van der Waals surface area contributed by atoms with E-state index in [0.29, 0.717) is 17.4 Å². The molecular formula is C12H13NO2. The van der Waals surface area contributed by atoms with Crippen LogP contribution in [-0.2, 0) is 0 Å². The van der Waals surface area contributed by atoms with Gasteiger partial charge in [-0.15, -0.1) is 0 Å². The molecule has 0 aromatic heterocycles. The van der Waals surface area contributed by atoms with Gasteiger partial charge < -0.3 is 9.47 Å². The Bertz CT molecular complexity index is 391. The van der Waals surface area contributed by atoms with E-state index in [1.54, 1.807) is 25.3 Å². The van der Waals surface area contributed by atoms with Crippen molar-refractivity contribution in [3.63, 3.8) is 0 Å². The standard InChI is InChI=1S/C12H13NO2/c1-14-12-7-9(8-13)5-6-11(12)15-10-3-2-4-10/h5-7,10H,2-4H2,1H3. The summed E-state index contributed by atoms with van der Waals surface area (Å²) < 4.78 is 10.9. The molecule has 0 N–H and O–H groups in total. The van der Waals surface area contributed by atoms with Crippen molar-refractivity contribution in [3.8, 4) is 17.6 Å². The van der Waals surface area contributed by atoms with Crippen LogP contribution in [0.1, 0.15) is 24.8 Å². The van der Waals surface area contributed by atoms with Crippen molar-refractivity contribution in [1.82, 2.24) is 0 Å². The highest BCUT2D eigenvalue weighted by Gasteiger charge is 2.20. The number of hydrogen-bond donors (Lipinski definition) is 0. The molecule has 1 fully saturated rings. The Kier molecular flexibility index (Phi) is 2.77. The average Bonchev–Trinajstić information content (AvgIpc) is 2.23. The van der Waals surface area contributed by atoms with Gasteiger partial charge in [-0.3, -0.25) is 0 Å². The third-order valence-corrected chi connectivity index (χ3v) is 2.64. The summed E-state index contributed by atoms with van der Waals surface area (Å²) in [4.78, 5) is 0. The zero-order valence-electron chi connectivity index (χ0n) is 8.69. The van der Waals surface area contributed by atoms with E-state index in [9.17, 15) is 0 Å². The van der Waals surface area contributed by atoms with Crippen molar-refractivity contribution in [3.05, 3.63) is 23.8 Å². The average molecular weight is 203 g/mol. The first kappa shape index (κ1) is 9.85. The Hall–Kier alpha value is -1.69. The van der Waals surface area contributed by atoms with Crippen LogP contribution < -0.4 is 9.47 Å². The summed E-state index contributed by atoms with van der Waals surface area (Å²) in [5.41, 5.74) is 0.591. The molecule has 15 heavy (non-hydrogen) atoms. The second-order valence-corrected chi connectivity index (χ2v) is 3.65. The van der Waals surface area contributed by atoms with Gasteiger partial charge in [0.2, 0.25) is 0 Å². The first-order valence-corrected chi connectivity index (χ1v) is 5.08. The lowest BCUT2D eigenvalue weighted by Gasteiger charge is -2.27. The monoisotopic (exact) mass is 203 g/mol. The smallest absolute Gasteiger partial charge is 0.162 e. The molecule has 1 aromatic carbocycles. The fourth-order valence-electron chi connectivity index (χ4n) is 1.50. The number of nitriles is 1. The molecular weight excluding hydrogens is 190 g/mol. The van der Waals surface area contributed by atoms with Crippen molar-refractivity contribution >= 4 is 0 Å². The minimum absolute atomic E-state index is 0.326. The van der Waals surface area contributed by atoms with Crippen LogP contribution in [0, 0.1) is 11.3 Å². The van der Waals surface area contributed by atoms with Gasteiger partial charge in [0.1, 0.15) is 0 Å².